The van der Waals surface area contributed by atoms with Crippen LogP contribution in [0.25, 0.3) is 0 Å². The van der Waals surface area contributed by atoms with Crippen molar-refractivity contribution in [1.82, 2.24) is 14.5 Å². The van der Waals surface area contributed by atoms with Crippen molar-refractivity contribution in [3.8, 4) is 0 Å². The zero-order chi connectivity index (χ0) is 14.6. The fourth-order valence-corrected chi connectivity index (χ4v) is 5.61. The first kappa shape index (κ1) is 13.4. The van der Waals surface area contributed by atoms with E-state index in [0.29, 0.717) is 12.5 Å². The maximum atomic E-state index is 13.1. The number of aromatic nitrogens is 2. The highest BCUT2D eigenvalue weighted by atomic mass is 16.2. The average molecular weight is 287 g/mol. The molecule has 1 amide bonds. The number of nitrogens with zero attached hydrogens (tertiary/aromatic N) is 3. The fraction of sp³-hybridized carbons (Fsp3) is 0.765. The zero-order valence-corrected chi connectivity index (χ0v) is 13.1. The van der Waals surface area contributed by atoms with Gasteiger partial charge in [0.1, 0.15) is 5.82 Å². The van der Waals surface area contributed by atoms with E-state index in [9.17, 15) is 4.79 Å². The van der Waals surface area contributed by atoms with Gasteiger partial charge >= 0.3 is 0 Å². The summed E-state index contributed by atoms with van der Waals surface area (Å²) in [6, 6.07) is 0. The van der Waals surface area contributed by atoms with Crippen LogP contribution in [-0.2, 0) is 18.4 Å². The molecule has 0 radical (unpaired) electrons. The van der Waals surface area contributed by atoms with Crippen molar-refractivity contribution in [1.29, 1.82) is 0 Å². The monoisotopic (exact) mass is 287 g/mol. The Labute approximate surface area is 126 Å². The lowest BCUT2D eigenvalue weighted by Crippen LogP contribution is -2.53. The van der Waals surface area contributed by atoms with Crippen molar-refractivity contribution < 1.29 is 4.79 Å². The number of aryl methyl sites for hydroxylation is 1. The van der Waals surface area contributed by atoms with Crippen LogP contribution in [0.5, 0.6) is 0 Å². The van der Waals surface area contributed by atoms with Gasteiger partial charge in [-0.25, -0.2) is 4.98 Å². The summed E-state index contributed by atoms with van der Waals surface area (Å²) in [6.07, 6.45) is 11.3. The summed E-state index contributed by atoms with van der Waals surface area (Å²) in [4.78, 5) is 19.4. The number of hydrogen-bond donors (Lipinski definition) is 0. The number of carbonyl (C=O) groups excluding carboxylic acids is 1. The minimum Gasteiger partial charge on any atom is -0.338 e. The lowest BCUT2D eigenvalue weighted by Gasteiger charge is -2.56. The highest BCUT2D eigenvalue weighted by Crippen LogP contribution is 2.60. The van der Waals surface area contributed by atoms with Crippen LogP contribution in [0, 0.1) is 23.2 Å². The minimum absolute atomic E-state index is 0.0331. The van der Waals surface area contributed by atoms with Gasteiger partial charge in [0.2, 0.25) is 5.91 Å². The maximum Gasteiger partial charge on any atom is 0.228 e. The summed E-state index contributed by atoms with van der Waals surface area (Å²) < 4.78 is 2.00. The summed E-state index contributed by atoms with van der Waals surface area (Å²) >= 11 is 0. The van der Waals surface area contributed by atoms with Crippen LogP contribution in [0.3, 0.4) is 0 Å². The Morgan fingerprint density at radius 2 is 1.86 bits per heavy atom. The second kappa shape index (κ2) is 4.59. The van der Waals surface area contributed by atoms with Crippen molar-refractivity contribution in [2.24, 2.45) is 30.2 Å². The van der Waals surface area contributed by atoms with Crippen LogP contribution in [-0.4, -0.2) is 27.4 Å². The molecule has 0 spiro atoms. The Hall–Kier alpha value is -1.32. The first-order chi connectivity index (χ1) is 10.1. The first-order valence-corrected chi connectivity index (χ1v) is 8.27. The van der Waals surface area contributed by atoms with E-state index in [-0.39, 0.29) is 5.41 Å². The van der Waals surface area contributed by atoms with Gasteiger partial charge in [0.25, 0.3) is 0 Å². The van der Waals surface area contributed by atoms with E-state index >= 15 is 0 Å². The van der Waals surface area contributed by atoms with E-state index in [1.807, 2.05) is 29.8 Å². The van der Waals surface area contributed by atoms with Gasteiger partial charge in [0.05, 0.1) is 12.0 Å². The quantitative estimate of drug-likeness (QED) is 0.857. The fourth-order valence-electron chi connectivity index (χ4n) is 5.61. The van der Waals surface area contributed by atoms with Crippen LogP contribution in [0.1, 0.15) is 44.3 Å². The second-order valence-electron chi connectivity index (χ2n) is 7.81. The molecule has 4 fully saturated rings. The van der Waals surface area contributed by atoms with Gasteiger partial charge in [-0.1, -0.05) is 0 Å². The molecule has 0 N–H and O–H groups in total. The van der Waals surface area contributed by atoms with E-state index in [1.165, 1.54) is 19.3 Å². The molecule has 0 unspecified atom stereocenters. The molecular formula is C17H25N3O. The lowest BCUT2D eigenvalue weighted by molar-refractivity contribution is -0.157. The van der Waals surface area contributed by atoms with Gasteiger partial charge in [-0.3, -0.25) is 4.79 Å². The number of amides is 1. The molecule has 4 aliphatic carbocycles. The Balaban J connectivity index is 1.53. The first-order valence-electron chi connectivity index (χ1n) is 8.27. The summed E-state index contributed by atoms with van der Waals surface area (Å²) in [5, 5.41) is 0. The number of carbonyl (C=O) groups is 1. The van der Waals surface area contributed by atoms with Gasteiger partial charge < -0.3 is 9.47 Å². The maximum absolute atomic E-state index is 13.1. The van der Waals surface area contributed by atoms with Crippen LogP contribution >= 0.6 is 0 Å². The van der Waals surface area contributed by atoms with Gasteiger partial charge in [-0.2, -0.15) is 0 Å². The largest absolute Gasteiger partial charge is 0.338 e. The summed E-state index contributed by atoms with van der Waals surface area (Å²) in [7, 11) is 3.95. The third kappa shape index (κ3) is 2.11. The highest BCUT2D eigenvalue weighted by Gasteiger charge is 2.55. The van der Waals surface area contributed by atoms with Gasteiger partial charge in [0, 0.05) is 26.5 Å². The third-order valence-corrected chi connectivity index (χ3v) is 6.14. The minimum atomic E-state index is -0.0331. The molecule has 5 rings (SSSR count). The molecule has 4 saturated carbocycles. The molecule has 0 saturated heterocycles. The van der Waals surface area contributed by atoms with Crippen LogP contribution in [0.2, 0.25) is 0 Å². The number of rotatable bonds is 3. The molecule has 1 heterocycles. The van der Waals surface area contributed by atoms with E-state index < -0.39 is 0 Å². The standard InChI is InChI=1S/C17H25N3O/c1-19-4-3-18-15(19)11-20(2)16(21)17-8-12-5-13(9-17)7-14(6-12)10-17/h3-4,12-14H,5-11H2,1-2H3. The molecule has 0 aromatic carbocycles. The van der Waals surface area contributed by atoms with Gasteiger partial charge in [0.15, 0.2) is 0 Å². The summed E-state index contributed by atoms with van der Waals surface area (Å²) in [6.45, 7) is 0.629. The molecule has 4 aliphatic rings. The van der Waals surface area contributed by atoms with E-state index in [0.717, 1.165) is 42.8 Å². The normalized spacial score (nSPS) is 37.0. The molecule has 21 heavy (non-hydrogen) atoms. The highest BCUT2D eigenvalue weighted by molar-refractivity contribution is 5.83. The van der Waals surface area contributed by atoms with Crippen molar-refractivity contribution in [3.63, 3.8) is 0 Å². The van der Waals surface area contributed by atoms with Crippen molar-refractivity contribution in [3.05, 3.63) is 18.2 Å². The molecule has 1 aromatic rings. The Kier molecular flexibility index (Phi) is 2.92. The van der Waals surface area contributed by atoms with Crippen LogP contribution in [0.4, 0.5) is 0 Å². The van der Waals surface area contributed by atoms with E-state index in [1.54, 1.807) is 6.20 Å². The predicted octanol–water partition coefficient (Wildman–Crippen LogP) is 2.59. The smallest absolute Gasteiger partial charge is 0.228 e. The molecule has 4 bridgehead atoms. The Morgan fingerprint density at radius 3 is 2.33 bits per heavy atom. The van der Waals surface area contributed by atoms with Gasteiger partial charge in [-0.05, 0) is 56.3 Å². The average Bonchev–Trinajstić information content (AvgIpc) is 2.82. The second-order valence-corrected chi connectivity index (χ2v) is 7.81. The molecule has 114 valence electrons. The van der Waals surface area contributed by atoms with Crippen LogP contribution < -0.4 is 0 Å². The predicted molar refractivity (Wildman–Crippen MR) is 80.3 cm³/mol. The molecule has 0 atom stereocenters. The van der Waals surface area contributed by atoms with E-state index in [2.05, 4.69) is 4.98 Å². The molecule has 4 nitrogen and oxygen atoms in total. The van der Waals surface area contributed by atoms with Crippen molar-refractivity contribution in [2.45, 2.75) is 45.1 Å². The number of imidazole rings is 1. The van der Waals surface area contributed by atoms with Crippen molar-refractivity contribution in [2.75, 3.05) is 7.05 Å². The van der Waals surface area contributed by atoms with Crippen LogP contribution in [0.15, 0.2) is 12.4 Å². The number of hydrogen-bond acceptors (Lipinski definition) is 2. The molecule has 0 aliphatic heterocycles. The molecule has 4 heteroatoms. The Morgan fingerprint density at radius 1 is 1.29 bits per heavy atom. The topological polar surface area (TPSA) is 38.1 Å². The SMILES string of the molecule is CN(Cc1nccn1C)C(=O)C12CC3CC(CC(C3)C1)C2. The lowest BCUT2D eigenvalue weighted by atomic mass is 9.49. The van der Waals surface area contributed by atoms with Crippen molar-refractivity contribution >= 4 is 5.91 Å². The zero-order valence-electron chi connectivity index (χ0n) is 13.1. The van der Waals surface area contributed by atoms with Gasteiger partial charge in [-0.15, -0.1) is 0 Å². The molecule has 1 aromatic heterocycles. The summed E-state index contributed by atoms with van der Waals surface area (Å²) in [5.74, 6) is 3.81. The van der Waals surface area contributed by atoms with E-state index in [4.69, 9.17) is 0 Å². The summed E-state index contributed by atoms with van der Waals surface area (Å²) in [5.41, 5.74) is -0.0331. The third-order valence-electron chi connectivity index (χ3n) is 6.14. The molecular weight excluding hydrogens is 262 g/mol. The Bertz CT molecular complexity index is 527.